The molecule has 0 heterocycles. The number of nitrogens with zero attached hydrogens (tertiary/aromatic N) is 1. The molecular formula is C22H18Cl2N2O2. The van der Waals surface area contributed by atoms with Crippen LogP contribution in [0.1, 0.15) is 27.0 Å². The van der Waals surface area contributed by atoms with Crippen LogP contribution in [0.2, 0.25) is 10.0 Å². The van der Waals surface area contributed by atoms with Gasteiger partial charge in [-0.2, -0.15) is 5.10 Å². The maximum absolute atomic E-state index is 12.1. The number of nitrogens with one attached hydrogen (secondary N) is 1. The molecule has 6 heteroatoms. The number of benzene rings is 3. The second-order valence-electron chi connectivity index (χ2n) is 6.15. The maximum atomic E-state index is 12.1. The van der Waals surface area contributed by atoms with Gasteiger partial charge in [-0.3, -0.25) is 4.79 Å². The van der Waals surface area contributed by atoms with Gasteiger partial charge in [0.25, 0.3) is 5.91 Å². The van der Waals surface area contributed by atoms with Crippen LogP contribution in [0.5, 0.6) is 5.75 Å². The summed E-state index contributed by atoms with van der Waals surface area (Å²) in [6, 6.07) is 20.0. The molecule has 0 radical (unpaired) electrons. The lowest BCUT2D eigenvalue weighted by Gasteiger charge is -2.06. The van der Waals surface area contributed by atoms with E-state index in [9.17, 15) is 4.79 Å². The Bertz CT molecular complexity index is 984. The topological polar surface area (TPSA) is 50.7 Å². The maximum Gasteiger partial charge on any atom is 0.271 e. The molecular weight excluding hydrogens is 395 g/mol. The zero-order chi connectivity index (χ0) is 19.9. The third-order valence-corrected chi connectivity index (χ3v) is 4.67. The fourth-order valence-corrected chi connectivity index (χ4v) is 2.67. The van der Waals surface area contributed by atoms with Crippen LogP contribution in [0, 0.1) is 6.92 Å². The van der Waals surface area contributed by atoms with E-state index in [2.05, 4.69) is 10.5 Å². The van der Waals surface area contributed by atoms with Crippen molar-refractivity contribution in [2.24, 2.45) is 5.10 Å². The highest BCUT2D eigenvalue weighted by Gasteiger charge is 2.06. The molecule has 4 nitrogen and oxygen atoms in total. The molecule has 0 fully saturated rings. The molecule has 0 bridgehead atoms. The number of ether oxygens (including phenoxy) is 1. The van der Waals surface area contributed by atoms with Crippen molar-refractivity contribution in [3.05, 3.63) is 99.0 Å². The zero-order valence-electron chi connectivity index (χ0n) is 15.2. The van der Waals surface area contributed by atoms with Gasteiger partial charge in [-0.25, -0.2) is 5.43 Å². The number of amides is 1. The van der Waals surface area contributed by atoms with Gasteiger partial charge in [0.1, 0.15) is 12.4 Å². The van der Waals surface area contributed by atoms with Crippen molar-refractivity contribution in [2.75, 3.05) is 0 Å². The molecule has 0 aliphatic carbocycles. The number of rotatable bonds is 6. The minimum atomic E-state index is -0.318. The smallest absolute Gasteiger partial charge is 0.271 e. The normalized spacial score (nSPS) is 10.8. The first-order valence-electron chi connectivity index (χ1n) is 8.58. The summed E-state index contributed by atoms with van der Waals surface area (Å²) in [6.07, 6.45) is 1.57. The first-order chi connectivity index (χ1) is 13.5. The molecule has 28 heavy (non-hydrogen) atoms. The van der Waals surface area contributed by atoms with E-state index >= 15 is 0 Å². The third kappa shape index (κ3) is 5.59. The van der Waals surface area contributed by atoms with Crippen molar-refractivity contribution in [2.45, 2.75) is 13.5 Å². The molecule has 142 valence electrons. The van der Waals surface area contributed by atoms with Gasteiger partial charge in [0.15, 0.2) is 0 Å². The van der Waals surface area contributed by atoms with Crippen LogP contribution in [0.15, 0.2) is 71.8 Å². The van der Waals surface area contributed by atoms with E-state index in [0.717, 1.165) is 22.4 Å². The molecule has 0 aliphatic rings. The largest absolute Gasteiger partial charge is 0.489 e. The van der Waals surface area contributed by atoms with Crippen LogP contribution in [0.4, 0.5) is 0 Å². The van der Waals surface area contributed by atoms with Crippen LogP contribution >= 0.6 is 23.2 Å². The molecule has 0 unspecified atom stereocenters. The molecule has 3 rings (SSSR count). The van der Waals surface area contributed by atoms with Crippen molar-refractivity contribution >= 4 is 35.3 Å². The SMILES string of the molecule is Cc1ccc(C(=O)N/N=C\c2ccc(OCc3ccc(Cl)cc3)cc2)cc1Cl. The van der Waals surface area contributed by atoms with Gasteiger partial charge in [0.2, 0.25) is 0 Å². The summed E-state index contributed by atoms with van der Waals surface area (Å²) >= 11 is 11.9. The predicted molar refractivity (Wildman–Crippen MR) is 113 cm³/mol. The van der Waals surface area contributed by atoms with Crippen molar-refractivity contribution in [1.29, 1.82) is 0 Å². The van der Waals surface area contributed by atoms with Crippen molar-refractivity contribution in [3.63, 3.8) is 0 Å². The summed E-state index contributed by atoms with van der Waals surface area (Å²) < 4.78 is 5.74. The van der Waals surface area contributed by atoms with Crippen LogP contribution in [0.25, 0.3) is 0 Å². The Morgan fingerprint density at radius 3 is 2.43 bits per heavy atom. The van der Waals surface area contributed by atoms with Gasteiger partial charge in [0.05, 0.1) is 6.21 Å². The highest BCUT2D eigenvalue weighted by atomic mass is 35.5. The quantitative estimate of drug-likeness (QED) is 0.420. The molecule has 1 N–H and O–H groups in total. The highest BCUT2D eigenvalue weighted by Crippen LogP contribution is 2.17. The van der Waals surface area contributed by atoms with Gasteiger partial charge >= 0.3 is 0 Å². The zero-order valence-corrected chi connectivity index (χ0v) is 16.7. The molecule has 0 spiro atoms. The fourth-order valence-electron chi connectivity index (χ4n) is 2.36. The Labute approximate surface area is 173 Å². The van der Waals surface area contributed by atoms with Gasteiger partial charge in [-0.1, -0.05) is 41.4 Å². The molecule has 3 aromatic carbocycles. The number of aryl methyl sites for hydroxylation is 1. The molecule has 0 aromatic heterocycles. The summed E-state index contributed by atoms with van der Waals surface area (Å²) in [4.78, 5) is 12.1. The van der Waals surface area contributed by atoms with Crippen LogP contribution in [-0.4, -0.2) is 12.1 Å². The Morgan fingerprint density at radius 2 is 1.75 bits per heavy atom. The Kier molecular flexibility index (Phi) is 6.69. The van der Waals surface area contributed by atoms with E-state index in [1.54, 1.807) is 24.4 Å². The van der Waals surface area contributed by atoms with Gasteiger partial charge in [-0.05, 0) is 72.1 Å². The number of hydrazone groups is 1. The lowest BCUT2D eigenvalue weighted by atomic mass is 10.1. The number of hydrogen-bond acceptors (Lipinski definition) is 3. The van der Waals surface area contributed by atoms with Crippen molar-refractivity contribution < 1.29 is 9.53 Å². The average Bonchev–Trinajstić information content (AvgIpc) is 2.70. The lowest BCUT2D eigenvalue weighted by Crippen LogP contribution is -2.17. The minimum absolute atomic E-state index is 0.318. The number of hydrogen-bond donors (Lipinski definition) is 1. The van der Waals surface area contributed by atoms with Crippen molar-refractivity contribution in [1.82, 2.24) is 5.43 Å². The van der Waals surface area contributed by atoms with E-state index in [1.807, 2.05) is 55.5 Å². The van der Waals surface area contributed by atoms with E-state index in [0.29, 0.717) is 22.2 Å². The molecule has 0 atom stereocenters. The molecule has 0 aliphatic heterocycles. The highest BCUT2D eigenvalue weighted by molar-refractivity contribution is 6.31. The molecule has 0 saturated heterocycles. The molecule has 1 amide bonds. The molecule has 0 saturated carbocycles. The summed E-state index contributed by atoms with van der Waals surface area (Å²) in [6.45, 7) is 2.34. The monoisotopic (exact) mass is 412 g/mol. The van der Waals surface area contributed by atoms with Crippen LogP contribution < -0.4 is 10.2 Å². The lowest BCUT2D eigenvalue weighted by molar-refractivity contribution is 0.0955. The Morgan fingerprint density at radius 1 is 1.04 bits per heavy atom. The van der Waals surface area contributed by atoms with Gasteiger partial charge in [0, 0.05) is 15.6 Å². The Balaban J connectivity index is 1.52. The van der Waals surface area contributed by atoms with Crippen LogP contribution in [-0.2, 0) is 6.61 Å². The number of halogens is 2. The summed E-state index contributed by atoms with van der Waals surface area (Å²) in [5.41, 5.74) is 5.73. The summed E-state index contributed by atoms with van der Waals surface area (Å²) in [5.74, 6) is 0.423. The predicted octanol–water partition coefficient (Wildman–Crippen LogP) is 5.64. The standard InChI is InChI=1S/C22H18Cl2N2O2/c1-15-2-7-18(12-21(15)24)22(27)26-25-13-16-5-10-20(11-6-16)28-14-17-3-8-19(23)9-4-17/h2-13H,14H2,1H3,(H,26,27)/b25-13-. The second kappa shape index (κ2) is 9.40. The first kappa shape index (κ1) is 19.9. The van der Waals surface area contributed by atoms with Gasteiger partial charge in [-0.15, -0.1) is 0 Å². The second-order valence-corrected chi connectivity index (χ2v) is 6.99. The number of carbonyl (C=O) groups excluding carboxylic acids is 1. The first-order valence-corrected chi connectivity index (χ1v) is 9.34. The van der Waals surface area contributed by atoms with E-state index in [4.69, 9.17) is 27.9 Å². The summed E-state index contributed by atoms with van der Waals surface area (Å²) in [7, 11) is 0. The average molecular weight is 413 g/mol. The van der Waals surface area contributed by atoms with E-state index < -0.39 is 0 Å². The summed E-state index contributed by atoms with van der Waals surface area (Å²) in [5, 5.41) is 5.23. The molecule has 3 aromatic rings. The van der Waals surface area contributed by atoms with E-state index in [-0.39, 0.29) is 5.91 Å². The third-order valence-electron chi connectivity index (χ3n) is 4.01. The fraction of sp³-hybridized carbons (Fsp3) is 0.0909. The van der Waals surface area contributed by atoms with Crippen molar-refractivity contribution in [3.8, 4) is 5.75 Å². The van der Waals surface area contributed by atoms with E-state index in [1.165, 1.54) is 0 Å². The minimum Gasteiger partial charge on any atom is -0.489 e. The number of carbonyl (C=O) groups is 1. The van der Waals surface area contributed by atoms with Gasteiger partial charge < -0.3 is 4.74 Å². The Hall–Kier alpha value is -2.82. The van der Waals surface area contributed by atoms with Crippen LogP contribution in [0.3, 0.4) is 0 Å².